The van der Waals surface area contributed by atoms with Crippen LogP contribution in [0.15, 0.2) is 47.4 Å². The molecule has 0 bridgehead atoms. The van der Waals surface area contributed by atoms with Gasteiger partial charge in [0.05, 0.1) is 18.8 Å². The highest BCUT2D eigenvalue weighted by Gasteiger charge is 2.25. The molecule has 0 aliphatic heterocycles. The van der Waals surface area contributed by atoms with Crippen LogP contribution in [-0.2, 0) is 13.1 Å². The molecule has 3 heterocycles. The fourth-order valence-electron chi connectivity index (χ4n) is 2.74. The Hall–Kier alpha value is -2.47. The Bertz CT molecular complexity index is 775. The third kappa shape index (κ3) is 3.17. The Morgan fingerprint density at radius 1 is 1.17 bits per heavy atom. The van der Waals surface area contributed by atoms with E-state index in [1.165, 1.54) is 12.8 Å². The molecule has 118 valence electrons. The Morgan fingerprint density at radius 2 is 2.09 bits per heavy atom. The van der Waals surface area contributed by atoms with Crippen molar-refractivity contribution in [3.63, 3.8) is 0 Å². The lowest BCUT2D eigenvalue weighted by Gasteiger charge is -2.15. The van der Waals surface area contributed by atoms with Crippen LogP contribution >= 0.6 is 0 Å². The van der Waals surface area contributed by atoms with Crippen molar-refractivity contribution in [2.45, 2.75) is 32.0 Å². The summed E-state index contributed by atoms with van der Waals surface area (Å²) in [6.45, 7) is 1.49. The van der Waals surface area contributed by atoms with Crippen molar-refractivity contribution >= 4 is 0 Å². The molecule has 0 saturated heterocycles. The summed E-state index contributed by atoms with van der Waals surface area (Å²) < 4.78 is 7.73. The van der Waals surface area contributed by atoms with Gasteiger partial charge >= 0.3 is 0 Å². The number of imidazole rings is 1. The molecule has 23 heavy (non-hydrogen) atoms. The molecule has 4 rings (SSSR count). The van der Waals surface area contributed by atoms with Crippen LogP contribution < -0.4 is 0 Å². The van der Waals surface area contributed by atoms with Gasteiger partial charge in [-0.1, -0.05) is 11.2 Å². The number of hydrogen-bond acceptors (Lipinski definition) is 5. The molecule has 3 aromatic heterocycles. The summed E-state index contributed by atoms with van der Waals surface area (Å²) in [4.78, 5) is 11.0. The smallest absolute Gasteiger partial charge is 0.151 e. The van der Waals surface area contributed by atoms with Crippen molar-refractivity contribution in [2.24, 2.45) is 0 Å². The SMILES string of the molecule is CN(Cc1cc(-c2ccccn2)no1)Cc1nccn1C1CC1. The third-order valence-corrected chi connectivity index (χ3v) is 4.01. The Labute approximate surface area is 134 Å². The maximum absolute atomic E-state index is 5.44. The molecule has 0 N–H and O–H groups in total. The van der Waals surface area contributed by atoms with E-state index in [-0.39, 0.29) is 0 Å². The van der Waals surface area contributed by atoms with Crippen molar-refractivity contribution in [1.29, 1.82) is 0 Å². The lowest BCUT2D eigenvalue weighted by atomic mass is 10.2. The highest BCUT2D eigenvalue weighted by molar-refractivity contribution is 5.52. The van der Waals surface area contributed by atoms with E-state index in [1.807, 2.05) is 30.5 Å². The normalized spacial score (nSPS) is 14.5. The number of hydrogen-bond donors (Lipinski definition) is 0. The summed E-state index contributed by atoms with van der Waals surface area (Å²) in [6.07, 6.45) is 8.25. The first-order valence-corrected chi connectivity index (χ1v) is 7.87. The first-order valence-electron chi connectivity index (χ1n) is 7.87. The van der Waals surface area contributed by atoms with Crippen LogP contribution in [-0.4, -0.2) is 31.6 Å². The molecule has 1 aliphatic carbocycles. The molecule has 0 spiro atoms. The molecule has 6 nitrogen and oxygen atoms in total. The largest absolute Gasteiger partial charge is 0.359 e. The molecule has 1 fully saturated rings. The van der Waals surface area contributed by atoms with Gasteiger partial charge in [-0.3, -0.25) is 9.88 Å². The summed E-state index contributed by atoms with van der Waals surface area (Å²) in [5, 5.41) is 4.11. The summed E-state index contributed by atoms with van der Waals surface area (Å²) >= 11 is 0. The highest BCUT2D eigenvalue weighted by atomic mass is 16.5. The van der Waals surface area contributed by atoms with E-state index in [0.717, 1.165) is 29.5 Å². The van der Waals surface area contributed by atoms with Crippen LogP contribution in [0.1, 0.15) is 30.5 Å². The summed E-state index contributed by atoms with van der Waals surface area (Å²) in [6, 6.07) is 8.37. The van der Waals surface area contributed by atoms with Gasteiger partial charge in [-0.2, -0.15) is 0 Å². The van der Waals surface area contributed by atoms with Gasteiger partial charge in [0.15, 0.2) is 5.76 Å². The quantitative estimate of drug-likeness (QED) is 0.700. The van der Waals surface area contributed by atoms with Gasteiger partial charge < -0.3 is 9.09 Å². The number of nitrogens with zero attached hydrogens (tertiary/aromatic N) is 5. The molecule has 0 amide bonds. The molecule has 0 radical (unpaired) electrons. The van der Waals surface area contributed by atoms with Gasteiger partial charge in [0, 0.05) is 30.7 Å². The van der Waals surface area contributed by atoms with Crippen LogP contribution in [0.25, 0.3) is 11.4 Å². The van der Waals surface area contributed by atoms with Crippen LogP contribution in [0.5, 0.6) is 0 Å². The topological polar surface area (TPSA) is 60.0 Å². The van der Waals surface area contributed by atoms with Gasteiger partial charge in [-0.15, -0.1) is 0 Å². The Morgan fingerprint density at radius 3 is 2.87 bits per heavy atom. The standard InChI is InChI=1S/C17H19N5O/c1-21(12-17-19-8-9-22(17)13-5-6-13)11-14-10-16(20-23-14)15-4-2-3-7-18-15/h2-4,7-10,13H,5-6,11-12H2,1H3. The van der Waals surface area contributed by atoms with Crippen molar-refractivity contribution in [2.75, 3.05) is 7.05 Å². The van der Waals surface area contributed by atoms with Crippen LogP contribution in [0.2, 0.25) is 0 Å². The number of aromatic nitrogens is 4. The van der Waals surface area contributed by atoms with Gasteiger partial charge in [-0.25, -0.2) is 4.98 Å². The zero-order chi connectivity index (χ0) is 15.6. The molecule has 1 aliphatic rings. The first-order chi connectivity index (χ1) is 11.3. The molecular formula is C17H19N5O. The molecule has 0 atom stereocenters. The minimum absolute atomic E-state index is 0.655. The van der Waals surface area contributed by atoms with Crippen molar-refractivity contribution in [3.05, 3.63) is 54.4 Å². The average molecular weight is 309 g/mol. The molecule has 1 saturated carbocycles. The minimum atomic E-state index is 0.655. The van der Waals surface area contributed by atoms with E-state index in [2.05, 4.69) is 37.8 Å². The monoisotopic (exact) mass is 309 g/mol. The van der Waals surface area contributed by atoms with Crippen LogP contribution in [0.3, 0.4) is 0 Å². The predicted molar refractivity (Wildman–Crippen MR) is 85.4 cm³/mol. The molecule has 0 unspecified atom stereocenters. The van der Waals surface area contributed by atoms with Crippen molar-refractivity contribution in [1.82, 2.24) is 24.6 Å². The minimum Gasteiger partial charge on any atom is -0.359 e. The second-order valence-corrected chi connectivity index (χ2v) is 6.05. The lowest BCUT2D eigenvalue weighted by Crippen LogP contribution is -2.19. The Kier molecular flexibility index (Phi) is 3.67. The maximum atomic E-state index is 5.44. The van der Waals surface area contributed by atoms with Gasteiger partial charge in [-0.05, 0) is 32.0 Å². The molecule has 0 aromatic carbocycles. The third-order valence-electron chi connectivity index (χ3n) is 4.01. The van der Waals surface area contributed by atoms with Crippen LogP contribution in [0.4, 0.5) is 0 Å². The zero-order valence-electron chi connectivity index (χ0n) is 13.1. The first kappa shape index (κ1) is 14.1. The van der Waals surface area contributed by atoms with Crippen molar-refractivity contribution in [3.8, 4) is 11.4 Å². The predicted octanol–water partition coefficient (Wildman–Crippen LogP) is 2.90. The van der Waals surface area contributed by atoms with Gasteiger partial charge in [0.1, 0.15) is 11.5 Å². The van der Waals surface area contributed by atoms with Gasteiger partial charge in [0.25, 0.3) is 0 Å². The fraction of sp³-hybridized carbons (Fsp3) is 0.353. The fourth-order valence-corrected chi connectivity index (χ4v) is 2.74. The second kappa shape index (κ2) is 5.96. The van der Waals surface area contributed by atoms with Crippen molar-refractivity contribution < 1.29 is 4.52 Å². The van der Waals surface area contributed by atoms with E-state index in [9.17, 15) is 0 Å². The lowest BCUT2D eigenvalue weighted by molar-refractivity contribution is 0.259. The summed E-state index contributed by atoms with van der Waals surface area (Å²) in [5.41, 5.74) is 1.60. The maximum Gasteiger partial charge on any atom is 0.151 e. The van der Waals surface area contributed by atoms with E-state index < -0.39 is 0 Å². The number of rotatable bonds is 6. The molecule has 3 aromatic rings. The highest BCUT2D eigenvalue weighted by Crippen LogP contribution is 2.35. The Balaban J connectivity index is 1.42. The summed E-state index contributed by atoms with van der Waals surface area (Å²) in [5.74, 6) is 1.94. The van der Waals surface area contributed by atoms with Crippen LogP contribution in [0, 0.1) is 0 Å². The molecular weight excluding hydrogens is 290 g/mol. The number of pyridine rings is 1. The van der Waals surface area contributed by atoms with E-state index in [1.54, 1.807) is 6.20 Å². The summed E-state index contributed by atoms with van der Waals surface area (Å²) in [7, 11) is 2.06. The van der Waals surface area contributed by atoms with E-state index in [0.29, 0.717) is 12.6 Å². The van der Waals surface area contributed by atoms with E-state index >= 15 is 0 Å². The second-order valence-electron chi connectivity index (χ2n) is 6.05. The average Bonchev–Trinajstić information content (AvgIpc) is 3.13. The molecule has 6 heteroatoms. The van der Waals surface area contributed by atoms with E-state index in [4.69, 9.17) is 4.52 Å². The van der Waals surface area contributed by atoms with Gasteiger partial charge in [0.2, 0.25) is 0 Å². The zero-order valence-corrected chi connectivity index (χ0v) is 13.1.